The highest BCUT2D eigenvalue weighted by Gasteiger charge is 2.14. The molecule has 1 aromatic heterocycles. The Kier molecular flexibility index (Phi) is 2.07. The molecule has 0 radical (unpaired) electrons. The first-order valence-corrected chi connectivity index (χ1v) is 4.43. The van der Waals surface area contributed by atoms with Crippen LogP contribution in [0, 0.1) is 0 Å². The van der Waals surface area contributed by atoms with Gasteiger partial charge in [-0.15, -0.1) is 0 Å². The Balaban J connectivity index is 2.55. The van der Waals surface area contributed by atoms with Crippen LogP contribution in [0.25, 0.3) is 11.1 Å². The lowest BCUT2D eigenvalue weighted by Crippen LogP contribution is -2.06. The number of benzene rings is 1. The number of H-pyrrole nitrogens is 1. The molecule has 1 aromatic carbocycles. The van der Waals surface area contributed by atoms with E-state index >= 15 is 0 Å². The summed E-state index contributed by atoms with van der Waals surface area (Å²) in [5.41, 5.74) is 1.58. The van der Waals surface area contributed by atoms with E-state index in [9.17, 15) is 9.59 Å². The quantitative estimate of drug-likeness (QED) is 0.777. The van der Waals surface area contributed by atoms with E-state index in [0.717, 1.165) is 0 Å². The number of fused-ring (bicyclic) bond motifs is 1. The molecule has 0 aliphatic heterocycles. The number of aliphatic carboxylic acids is 1. The molecule has 0 bridgehead atoms. The lowest BCUT2D eigenvalue weighted by atomic mass is 10.0. The third-order valence-electron chi connectivity index (χ3n) is 2.31. The summed E-state index contributed by atoms with van der Waals surface area (Å²) >= 11 is 0. The van der Waals surface area contributed by atoms with Gasteiger partial charge in [0.25, 0.3) is 0 Å². The minimum Gasteiger partial charge on any atom is -0.481 e. The first-order valence-electron chi connectivity index (χ1n) is 4.43. The Morgan fingerprint density at radius 1 is 1.53 bits per heavy atom. The van der Waals surface area contributed by atoms with Crippen LogP contribution in [-0.2, 0) is 4.79 Å². The second-order valence-corrected chi connectivity index (χ2v) is 3.33. The summed E-state index contributed by atoms with van der Waals surface area (Å²) in [6.07, 6.45) is 0. The smallest absolute Gasteiger partial charge is 0.417 e. The van der Waals surface area contributed by atoms with Crippen LogP contribution < -0.4 is 5.76 Å². The molecule has 2 N–H and O–H groups in total. The van der Waals surface area contributed by atoms with Crippen LogP contribution in [0.4, 0.5) is 0 Å². The Hall–Kier alpha value is -2.04. The van der Waals surface area contributed by atoms with Crippen LogP contribution in [-0.4, -0.2) is 16.1 Å². The Bertz CT molecular complexity index is 566. The number of nitrogens with one attached hydrogen (secondary N) is 1. The fourth-order valence-corrected chi connectivity index (χ4v) is 1.38. The monoisotopic (exact) mass is 207 g/mol. The van der Waals surface area contributed by atoms with Crippen molar-refractivity contribution in [2.24, 2.45) is 0 Å². The normalized spacial score (nSPS) is 12.9. The van der Waals surface area contributed by atoms with E-state index in [0.29, 0.717) is 16.7 Å². The first kappa shape index (κ1) is 9.51. The Labute approximate surface area is 84.3 Å². The second-order valence-electron chi connectivity index (χ2n) is 3.33. The van der Waals surface area contributed by atoms with Gasteiger partial charge in [0.1, 0.15) is 0 Å². The fraction of sp³-hybridized carbons (Fsp3) is 0.200. The van der Waals surface area contributed by atoms with Gasteiger partial charge in [0.15, 0.2) is 5.58 Å². The molecule has 0 aliphatic carbocycles. The zero-order valence-corrected chi connectivity index (χ0v) is 7.98. The van der Waals surface area contributed by atoms with Gasteiger partial charge in [0.2, 0.25) is 0 Å². The molecular weight excluding hydrogens is 198 g/mol. The molecular formula is C10H9NO4. The predicted octanol–water partition coefficient (Wildman–Crippen LogP) is 1.31. The molecule has 1 heterocycles. The van der Waals surface area contributed by atoms with Gasteiger partial charge in [-0.1, -0.05) is 6.07 Å². The maximum Gasteiger partial charge on any atom is 0.417 e. The Morgan fingerprint density at radius 2 is 2.27 bits per heavy atom. The molecule has 0 fully saturated rings. The summed E-state index contributed by atoms with van der Waals surface area (Å²) in [6, 6.07) is 4.83. The van der Waals surface area contributed by atoms with E-state index in [1.807, 2.05) is 0 Å². The van der Waals surface area contributed by atoms with Crippen molar-refractivity contribution >= 4 is 17.1 Å². The highest BCUT2D eigenvalue weighted by Crippen LogP contribution is 2.19. The molecule has 5 heteroatoms. The number of carboxylic acid groups (broad SMARTS) is 1. The number of rotatable bonds is 2. The molecule has 5 nitrogen and oxygen atoms in total. The maximum absolute atomic E-state index is 10.9. The van der Waals surface area contributed by atoms with Crippen molar-refractivity contribution in [3.05, 3.63) is 34.3 Å². The van der Waals surface area contributed by atoms with Crippen LogP contribution >= 0.6 is 0 Å². The number of carboxylic acids is 1. The number of aromatic nitrogens is 1. The fourth-order valence-electron chi connectivity index (χ4n) is 1.38. The van der Waals surface area contributed by atoms with E-state index in [-0.39, 0.29) is 0 Å². The van der Waals surface area contributed by atoms with Crippen LogP contribution in [0.15, 0.2) is 27.4 Å². The van der Waals surface area contributed by atoms with Crippen molar-refractivity contribution in [3.63, 3.8) is 0 Å². The first-order chi connectivity index (χ1) is 7.08. The van der Waals surface area contributed by atoms with Crippen molar-refractivity contribution in [2.75, 3.05) is 0 Å². The molecule has 78 valence electrons. The van der Waals surface area contributed by atoms with Crippen LogP contribution in [0.3, 0.4) is 0 Å². The average molecular weight is 207 g/mol. The lowest BCUT2D eigenvalue weighted by Gasteiger charge is -2.05. The summed E-state index contributed by atoms with van der Waals surface area (Å²) in [7, 11) is 0. The van der Waals surface area contributed by atoms with Crippen LogP contribution in [0.2, 0.25) is 0 Å². The number of aromatic amines is 1. The average Bonchev–Trinajstić information content (AvgIpc) is 2.55. The molecule has 15 heavy (non-hydrogen) atoms. The van der Waals surface area contributed by atoms with E-state index in [1.165, 1.54) is 0 Å². The van der Waals surface area contributed by atoms with Crippen molar-refractivity contribution in [1.82, 2.24) is 4.98 Å². The third-order valence-corrected chi connectivity index (χ3v) is 2.31. The van der Waals surface area contributed by atoms with E-state index in [1.54, 1.807) is 25.1 Å². The van der Waals surface area contributed by atoms with E-state index in [4.69, 9.17) is 9.52 Å². The zero-order valence-electron chi connectivity index (χ0n) is 7.98. The Morgan fingerprint density at radius 3 is 2.93 bits per heavy atom. The standard InChI is InChI=1S/C10H9NO4/c1-5(9(12)13)6-2-3-8-7(4-6)11-10(14)15-8/h2-5H,1H3,(H,11,14)(H,12,13). The molecule has 0 saturated carbocycles. The van der Waals surface area contributed by atoms with E-state index < -0.39 is 17.6 Å². The SMILES string of the molecule is CC(C(=O)O)c1ccc2oc(=O)[nH]c2c1. The number of oxazole rings is 1. The van der Waals surface area contributed by atoms with Gasteiger partial charge in [-0.3, -0.25) is 9.78 Å². The van der Waals surface area contributed by atoms with Gasteiger partial charge in [0.05, 0.1) is 11.4 Å². The number of carbonyl (C=O) groups is 1. The van der Waals surface area contributed by atoms with Crippen molar-refractivity contribution in [3.8, 4) is 0 Å². The molecule has 1 atom stereocenters. The van der Waals surface area contributed by atoms with Crippen molar-refractivity contribution < 1.29 is 14.3 Å². The topological polar surface area (TPSA) is 83.3 Å². The minimum atomic E-state index is -0.903. The zero-order chi connectivity index (χ0) is 11.0. The summed E-state index contributed by atoms with van der Waals surface area (Å²) in [5, 5.41) is 8.82. The predicted molar refractivity (Wildman–Crippen MR) is 52.9 cm³/mol. The third kappa shape index (κ3) is 1.63. The molecule has 0 amide bonds. The molecule has 0 spiro atoms. The molecule has 0 aliphatic rings. The van der Waals surface area contributed by atoms with Gasteiger partial charge < -0.3 is 9.52 Å². The van der Waals surface area contributed by atoms with Gasteiger partial charge in [0, 0.05) is 0 Å². The maximum atomic E-state index is 10.9. The van der Waals surface area contributed by atoms with Crippen LogP contribution in [0.1, 0.15) is 18.4 Å². The van der Waals surface area contributed by atoms with Gasteiger partial charge in [-0.2, -0.15) is 0 Å². The second kappa shape index (κ2) is 3.27. The highest BCUT2D eigenvalue weighted by molar-refractivity contribution is 5.79. The van der Waals surface area contributed by atoms with Gasteiger partial charge in [-0.25, -0.2) is 4.79 Å². The summed E-state index contributed by atoms with van der Waals surface area (Å²) in [6.45, 7) is 1.59. The molecule has 1 unspecified atom stereocenters. The minimum absolute atomic E-state index is 0.432. The van der Waals surface area contributed by atoms with Gasteiger partial charge in [-0.05, 0) is 24.6 Å². The summed E-state index contributed by atoms with van der Waals surface area (Å²) in [4.78, 5) is 24.1. The molecule has 2 rings (SSSR count). The highest BCUT2D eigenvalue weighted by atomic mass is 16.4. The van der Waals surface area contributed by atoms with E-state index in [2.05, 4.69) is 4.98 Å². The van der Waals surface area contributed by atoms with Crippen molar-refractivity contribution in [1.29, 1.82) is 0 Å². The molecule has 2 aromatic rings. The van der Waals surface area contributed by atoms with Gasteiger partial charge >= 0.3 is 11.7 Å². The van der Waals surface area contributed by atoms with Crippen molar-refractivity contribution in [2.45, 2.75) is 12.8 Å². The largest absolute Gasteiger partial charge is 0.481 e. The number of hydrogen-bond donors (Lipinski definition) is 2. The lowest BCUT2D eigenvalue weighted by molar-refractivity contribution is -0.138. The number of hydrogen-bond acceptors (Lipinski definition) is 3. The van der Waals surface area contributed by atoms with Crippen LogP contribution in [0.5, 0.6) is 0 Å². The summed E-state index contributed by atoms with van der Waals surface area (Å²) in [5.74, 6) is -2.04. The summed E-state index contributed by atoms with van der Waals surface area (Å²) < 4.78 is 4.80. The molecule has 0 saturated heterocycles.